The van der Waals surface area contributed by atoms with E-state index >= 15 is 0 Å². The average Bonchev–Trinajstić information content (AvgIpc) is 2.50. The van der Waals surface area contributed by atoms with Crippen LogP contribution in [0, 0.1) is 0 Å². The molecule has 3 heteroatoms. The fourth-order valence-electron chi connectivity index (χ4n) is 3.81. The van der Waals surface area contributed by atoms with E-state index in [1.165, 1.54) is 38.5 Å². The molecule has 3 nitrogen and oxygen atoms in total. The minimum absolute atomic E-state index is 0.126. The van der Waals surface area contributed by atoms with Crippen LogP contribution in [0.15, 0.2) is 0 Å². The molecule has 0 N–H and O–H groups in total. The molecule has 2 unspecified atom stereocenters. The van der Waals surface area contributed by atoms with E-state index in [2.05, 4.69) is 0 Å². The second-order valence-corrected chi connectivity index (χ2v) is 5.97. The van der Waals surface area contributed by atoms with Crippen molar-refractivity contribution < 1.29 is 14.2 Å². The quantitative estimate of drug-likeness (QED) is 0.758. The molecule has 18 heavy (non-hydrogen) atoms. The van der Waals surface area contributed by atoms with E-state index in [-0.39, 0.29) is 17.8 Å². The number of hydrogen-bond acceptors (Lipinski definition) is 3. The number of ether oxygens (including phenoxy) is 3. The Morgan fingerprint density at radius 2 is 1.28 bits per heavy atom. The van der Waals surface area contributed by atoms with Crippen molar-refractivity contribution in [3.05, 3.63) is 0 Å². The summed E-state index contributed by atoms with van der Waals surface area (Å²) in [6, 6.07) is 0. The van der Waals surface area contributed by atoms with Gasteiger partial charge in [-0.15, -0.1) is 0 Å². The van der Waals surface area contributed by atoms with E-state index in [1.807, 2.05) is 0 Å². The van der Waals surface area contributed by atoms with E-state index < -0.39 is 0 Å². The van der Waals surface area contributed by atoms with Crippen LogP contribution in [-0.4, -0.2) is 37.6 Å². The van der Waals surface area contributed by atoms with E-state index in [9.17, 15) is 0 Å². The van der Waals surface area contributed by atoms with Gasteiger partial charge in [0.2, 0.25) is 0 Å². The minimum atomic E-state index is -0.126. The Morgan fingerprint density at radius 1 is 0.667 bits per heavy atom. The van der Waals surface area contributed by atoms with Crippen molar-refractivity contribution in [1.82, 2.24) is 0 Å². The summed E-state index contributed by atoms with van der Waals surface area (Å²) in [7, 11) is 0. The Labute approximate surface area is 110 Å². The van der Waals surface area contributed by atoms with Gasteiger partial charge in [-0.25, -0.2) is 0 Å². The lowest BCUT2D eigenvalue weighted by atomic mass is 9.78. The van der Waals surface area contributed by atoms with Crippen LogP contribution in [0.2, 0.25) is 0 Å². The molecule has 3 aliphatic rings. The van der Waals surface area contributed by atoms with Gasteiger partial charge in [0.05, 0.1) is 12.2 Å². The first-order chi connectivity index (χ1) is 8.92. The molecule has 0 spiro atoms. The lowest BCUT2D eigenvalue weighted by Gasteiger charge is -2.49. The maximum absolute atomic E-state index is 6.29. The molecule has 0 aromatic heterocycles. The molecule has 2 atom stereocenters. The van der Waals surface area contributed by atoms with E-state index in [0.717, 1.165) is 39.1 Å². The highest BCUT2D eigenvalue weighted by Crippen LogP contribution is 2.41. The number of hydrogen-bond donors (Lipinski definition) is 0. The zero-order valence-corrected chi connectivity index (χ0v) is 11.4. The Morgan fingerprint density at radius 3 is 1.72 bits per heavy atom. The van der Waals surface area contributed by atoms with Gasteiger partial charge in [0.15, 0.2) is 0 Å². The monoisotopic (exact) mass is 254 g/mol. The van der Waals surface area contributed by atoms with E-state index in [1.54, 1.807) is 0 Å². The largest absolute Gasteiger partial charge is 0.375 e. The van der Waals surface area contributed by atoms with Gasteiger partial charge < -0.3 is 14.2 Å². The predicted molar refractivity (Wildman–Crippen MR) is 69.7 cm³/mol. The predicted octanol–water partition coefficient (Wildman–Crippen LogP) is 3.06. The normalized spacial score (nSPS) is 42.7. The van der Waals surface area contributed by atoms with Crippen LogP contribution in [0.1, 0.15) is 57.8 Å². The molecule has 0 radical (unpaired) electrons. The molecule has 0 saturated carbocycles. The molecule has 3 rings (SSSR count). The molecular formula is C15H26O3. The maximum atomic E-state index is 6.29. The van der Waals surface area contributed by atoms with Crippen LogP contribution in [0.5, 0.6) is 0 Å². The highest BCUT2D eigenvalue weighted by atomic mass is 16.6. The first-order valence-electron chi connectivity index (χ1n) is 7.79. The van der Waals surface area contributed by atoms with Crippen molar-refractivity contribution in [2.24, 2.45) is 0 Å². The Kier molecular flexibility index (Phi) is 4.22. The van der Waals surface area contributed by atoms with Crippen LogP contribution in [0.3, 0.4) is 0 Å². The fourth-order valence-corrected chi connectivity index (χ4v) is 3.81. The molecule has 104 valence electrons. The SMILES string of the molecule is C1CCC(C2(C3CCCCO3)CCCCO2)OC1. The molecule has 3 aliphatic heterocycles. The van der Waals surface area contributed by atoms with Gasteiger partial charge in [-0.1, -0.05) is 0 Å². The highest BCUT2D eigenvalue weighted by Gasteiger charge is 2.49. The second kappa shape index (κ2) is 5.89. The summed E-state index contributed by atoms with van der Waals surface area (Å²) in [5.74, 6) is 0. The van der Waals surface area contributed by atoms with Gasteiger partial charge >= 0.3 is 0 Å². The highest BCUT2D eigenvalue weighted by molar-refractivity contribution is 4.99. The van der Waals surface area contributed by atoms with Gasteiger partial charge in [-0.05, 0) is 57.8 Å². The third-order valence-corrected chi connectivity index (χ3v) is 4.78. The molecular weight excluding hydrogens is 228 g/mol. The third-order valence-electron chi connectivity index (χ3n) is 4.78. The summed E-state index contributed by atoms with van der Waals surface area (Å²) in [6.07, 6.45) is 11.4. The van der Waals surface area contributed by atoms with E-state index in [0.29, 0.717) is 0 Å². The summed E-state index contributed by atoms with van der Waals surface area (Å²) in [4.78, 5) is 0. The van der Waals surface area contributed by atoms with Crippen molar-refractivity contribution in [3.63, 3.8) is 0 Å². The summed E-state index contributed by atoms with van der Waals surface area (Å²) < 4.78 is 18.4. The van der Waals surface area contributed by atoms with Crippen LogP contribution >= 0.6 is 0 Å². The molecule has 0 amide bonds. The van der Waals surface area contributed by atoms with Gasteiger partial charge in [-0.2, -0.15) is 0 Å². The summed E-state index contributed by atoms with van der Waals surface area (Å²) in [5.41, 5.74) is -0.126. The molecule has 0 aliphatic carbocycles. The van der Waals surface area contributed by atoms with Crippen molar-refractivity contribution in [2.45, 2.75) is 75.6 Å². The molecule has 0 aromatic carbocycles. The van der Waals surface area contributed by atoms with Gasteiger partial charge in [0, 0.05) is 19.8 Å². The molecule has 3 saturated heterocycles. The zero-order valence-electron chi connectivity index (χ0n) is 11.4. The topological polar surface area (TPSA) is 27.7 Å². The van der Waals surface area contributed by atoms with Crippen molar-refractivity contribution in [1.29, 1.82) is 0 Å². The van der Waals surface area contributed by atoms with Crippen molar-refractivity contribution in [3.8, 4) is 0 Å². The molecule has 0 aromatic rings. The molecule has 3 fully saturated rings. The zero-order chi connectivity index (χ0) is 12.3. The minimum Gasteiger partial charge on any atom is -0.375 e. The summed E-state index contributed by atoms with van der Waals surface area (Å²) >= 11 is 0. The van der Waals surface area contributed by atoms with Crippen LogP contribution < -0.4 is 0 Å². The smallest absolute Gasteiger partial charge is 0.120 e. The maximum Gasteiger partial charge on any atom is 0.120 e. The molecule has 0 bridgehead atoms. The van der Waals surface area contributed by atoms with Crippen molar-refractivity contribution >= 4 is 0 Å². The van der Waals surface area contributed by atoms with Crippen molar-refractivity contribution in [2.75, 3.05) is 19.8 Å². The summed E-state index contributed by atoms with van der Waals surface area (Å²) in [6.45, 7) is 2.70. The Hall–Kier alpha value is -0.120. The van der Waals surface area contributed by atoms with Crippen LogP contribution in [0.25, 0.3) is 0 Å². The van der Waals surface area contributed by atoms with E-state index in [4.69, 9.17) is 14.2 Å². The second-order valence-electron chi connectivity index (χ2n) is 5.97. The lowest BCUT2D eigenvalue weighted by Crippen LogP contribution is -2.59. The third kappa shape index (κ3) is 2.45. The number of rotatable bonds is 2. The molecule has 3 heterocycles. The van der Waals surface area contributed by atoms with Crippen LogP contribution in [-0.2, 0) is 14.2 Å². The Bertz CT molecular complexity index is 228. The summed E-state index contributed by atoms with van der Waals surface area (Å²) in [5, 5.41) is 0. The first-order valence-corrected chi connectivity index (χ1v) is 7.79. The standard InChI is InChI=1S/C15H26O3/c1-4-10-16-13(7-1)15(9-3-6-12-18-15)14-8-2-5-11-17-14/h13-14H,1-12H2. The van der Waals surface area contributed by atoms with Gasteiger partial charge in [-0.3, -0.25) is 0 Å². The lowest BCUT2D eigenvalue weighted by molar-refractivity contribution is -0.239. The van der Waals surface area contributed by atoms with Gasteiger partial charge in [0.25, 0.3) is 0 Å². The Balaban J connectivity index is 1.77. The fraction of sp³-hybridized carbons (Fsp3) is 1.00. The van der Waals surface area contributed by atoms with Gasteiger partial charge in [0.1, 0.15) is 5.60 Å². The average molecular weight is 254 g/mol. The van der Waals surface area contributed by atoms with Crippen LogP contribution in [0.4, 0.5) is 0 Å². The first kappa shape index (κ1) is 12.9.